The minimum Gasteiger partial charge on any atom is -0.445 e. The molecule has 0 spiro atoms. The predicted molar refractivity (Wildman–Crippen MR) is 156 cm³/mol. The van der Waals surface area contributed by atoms with Gasteiger partial charge in [-0.2, -0.15) is 0 Å². The lowest BCUT2D eigenvalue weighted by molar-refractivity contribution is -0.140. The van der Waals surface area contributed by atoms with Crippen LogP contribution in [0.1, 0.15) is 31.4 Å². The summed E-state index contributed by atoms with van der Waals surface area (Å²) in [5.74, 6) is -2.48. The highest BCUT2D eigenvalue weighted by molar-refractivity contribution is 6.38. The second-order valence-electron chi connectivity index (χ2n) is 9.96. The number of alkyl carbamates (subject to hydrolysis) is 1. The molecule has 3 rings (SSSR count). The zero-order valence-electron chi connectivity index (χ0n) is 23.6. The summed E-state index contributed by atoms with van der Waals surface area (Å²) < 4.78 is 6.51. The number of ether oxygens (including phenoxy) is 1. The van der Waals surface area contributed by atoms with E-state index >= 15 is 0 Å². The maximum Gasteiger partial charge on any atom is 0.408 e. The standard InChI is InChI=1S/C30H36N6O6/c1-20(2)25(35-30(41)42-19-22-12-7-4-8-13-22)27(38)34-23(18-21-10-5-3-6-11-21)26(37)28(39)32-15-9-17-36-24(31)14-16-33-29(36)40/h3-8,10-14,16,20,23,25H,9,15,17-19,31H2,1-2H3,(H,32,39)(H,34,38)(H,35,41)/t23-,25-/m0/s1. The zero-order chi connectivity index (χ0) is 30.5. The lowest BCUT2D eigenvalue weighted by atomic mass is 9.99. The number of benzene rings is 2. The number of ketones is 1. The molecule has 3 amide bonds. The zero-order valence-corrected chi connectivity index (χ0v) is 23.6. The highest BCUT2D eigenvalue weighted by Crippen LogP contribution is 2.09. The van der Waals surface area contributed by atoms with Gasteiger partial charge in [-0.15, -0.1) is 0 Å². The number of nitrogens with zero attached hydrogens (tertiary/aromatic N) is 2. The molecule has 5 N–H and O–H groups in total. The van der Waals surface area contributed by atoms with E-state index < -0.39 is 41.5 Å². The summed E-state index contributed by atoms with van der Waals surface area (Å²) in [6.45, 7) is 3.78. The van der Waals surface area contributed by atoms with Gasteiger partial charge in [-0.05, 0) is 29.5 Å². The smallest absolute Gasteiger partial charge is 0.408 e. The Morgan fingerprint density at radius 3 is 2.19 bits per heavy atom. The molecular weight excluding hydrogens is 540 g/mol. The van der Waals surface area contributed by atoms with Gasteiger partial charge in [0.2, 0.25) is 11.7 Å². The molecule has 12 heteroatoms. The fraction of sp³-hybridized carbons (Fsp3) is 0.333. The lowest BCUT2D eigenvalue weighted by Crippen LogP contribution is -2.56. The van der Waals surface area contributed by atoms with Crippen molar-refractivity contribution in [3.63, 3.8) is 0 Å². The van der Waals surface area contributed by atoms with Crippen LogP contribution in [0.4, 0.5) is 10.6 Å². The lowest BCUT2D eigenvalue weighted by Gasteiger charge is -2.25. The second kappa shape index (κ2) is 15.7. The first-order valence-electron chi connectivity index (χ1n) is 13.6. The van der Waals surface area contributed by atoms with Crippen LogP contribution in [0.5, 0.6) is 0 Å². The van der Waals surface area contributed by atoms with E-state index in [4.69, 9.17) is 10.5 Å². The number of nitrogens with two attached hydrogens (primary N) is 1. The topological polar surface area (TPSA) is 175 Å². The van der Waals surface area contributed by atoms with Crippen LogP contribution in [0.25, 0.3) is 0 Å². The molecule has 0 unspecified atom stereocenters. The summed E-state index contributed by atoms with van der Waals surface area (Å²) in [6, 6.07) is 17.3. The molecule has 0 radical (unpaired) electrons. The van der Waals surface area contributed by atoms with Crippen LogP contribution in [-0.4, -0.2) is 51.9 Å². The van der Waals surface area contributed by atoms with E-state index in [0.717, 1.165) is 11.1 Å². The van der Waals surface area contributed by atoms with Gasteiger partial charge in [-0.25, -0.2) is 14.6 Å². The van der Waals surface area contributed by atoms with Crippen molar-refractivity contribution in [3.8, 4) is 0 Å². The highest BCUT2D eigenvalue weighted by atomic mass is 16.5. The van der Waals surface area contributed by atoms with E-state index in [9.17, 15) is 24.0 Å². The monoisotopic (exact) mass is 576 g/mol. The number of nitrogens with one attached hydrogen (secondary N) is 3. The molecule has 0 aliphatic heterocycles. The predicted octanol–water partition coefficient (Wildman–Crippen LogP) is 1.58. The van der Waals surface area contributed by atoms with Gasteiger partial charge >= 0.3 is 11.8 Å². The molecular formula is C30H36N6O6. The Morgan fingerprint density at radius 2 is 1.57 bits per heavy atom. The maximum absolute atomic E-state index is 13.3. The summed E-state index contributed by atoms with van der Waals surface area (Å²) in [6.07, 6.45) is 0.895. The van der Waals surface area contributed by atoms with Gasteiger partial charge in [0.25, 0.3) is 5.91 Å². The van der Waals surface area contributed by atoms with Gasteiger partial charge in [0.15, 0.2) is 0 Å². The van der Waals surface area contributed by atoms with Gasteiger partial charge < -0.3 is 26.4 Å². The SMILES string of the molecule is CC(C)[C@H](NC(=O)OCc1ccccc1)C(=O)N[C@@H](Cc1ccccc1)C(=O)C(=O)NCCCn1c(N)ccnc1=O. The number of hydrogen-bond acceptors (Lipinski definition) is 8. The molecule has 0 aliphatic carbocycles. The average Bonchev–Trinajstić information content (AvgIpc) is 2.98. The molecule has 0 saturated carbocycles. The van der Waals surface area contributed by atoms with Gasteiger partial charge in [0.05, 0.1) is 0 Å². The van der Waals surface area contributed by atoms with Gasteiger partial charge in [-0.3, -0.25) is 19.0 Å². The van der Waals surface area contributed by atoms with Crippen LogP contribution in [0.3, 0.4) is 0 Å². The molecule has 2 atom stereocenters. The summed E-state index contributed by atoms with van der Waals surface area (Å²) >= 11 is 0. The molecule has 42 heavy (non-hydrogen) atoms. The van der Waals surface area contributed by atoms with Crippen LogP contribution in [0.15, 0.2) is 77.7 Å². The van der Waals surface area contributed by atoms with E-state index in [-0.39, 0.29) is 37.9 Å². The maximum atomic E-state index is 13.3. The van der Waals surface area contributed by atoms with Crippen LogP contribution in [0, 0.1) is 5.92 Å². The van der Waals surface area contributed by atoms with Crippen molar-refractivity contribution in [1.82, 2.24) is 25.5 Å². The molecule has 1 aromatic heterocycles. The van der Waals surface area contributed by atoms with E-state index in [1.165, 1.54) is 16.8 Å². The molecule has 3 aromatic rings. The number of nitrogen functional groups attached to an aromatic ring is 1. The van der Waals surface area contributed by atoms with E-state index in [1.54, 1.807) is 50.2 Å². The number of rotatable bonds is 14. The number of Topliss-reactive ketones (excluding diaryl/α,β-unsaturated/α-hetero) is 1. The summed E-state index contributed by atoms with van der Waals surface area (Å²) in [4.78, 5) is 67.3. The average molecular weight is 577 g/mol. The third kappa shape index (κ3) is 9.58. The molecule has 12 nitrogen and oxygen atoms in total. The fourth-order valence-corrected chi connectivity index (χ4v) is 4.10. The first-order chi connectivity index (χ1) is 20.2. The van der Waals surface area contributed by atoms with Crippen molar-refractivity contribution in [2.24, 2.45) is 5.92 Å². The quantitative estimate of drug-likeness (QED) is 0.165. The minimum atomic E-state index is -1.19. The summed E-state index contributed by atoms with van der Waals surface area (Å²) in [5, 5.41) is 7.75. The first kappa shape index (κ1) is 31.5. The largest absolute Gasteiger partial charge is 0.445 e. The second-order valence-corrected chi connectivity index (χ2v) is 9.96. The summed E-state index contributed by atoms with van der Waals surface area (Å²) in [5.41, 5.74) is 6.80. The first-order valence-corrected chi connectivity index (χ1v) is 13.6. The molecule has 0 bridgehead atoms. The Kier molecular flexibility index (Phi) is 11.8. The normalized spacial score (nSPS) is 12.2. The van der Waals surface area contributed by atoms with Crippen molar-refractivity contribution in [3.05, 3.63) is 94.5 Å². The molecule has 222 valence electrons. The Bertz CT molecular complexity index is 1410. The Balaban J connectivity index is 1.63. The van der Waals surface area contributed by atoms with E-state index in [0.29, 0.717) is 6.42 Å². The van der Waals surface area contributed by atoms with Crippen LogP contribution >= 0.6 is 0 Å². The van der Waals surface area contributed by atoms with Crippen LogP contribution in [-0.2, 0) is 38.7 Å². The molecule has 0 saturated heterocycles. The van der Waals surface area contributed by atoms with Crippen molar-refractivity contribution in [2.75, 3.05) is 12.3 Å². The molecule has 2 aromatic carbocycles. The van der Waals surface area contributed by atoms with E-state index in [1.807, 2.05) is 24.3 Å². The van der Waals surface area contributed by atoms with Crippen molar-refractivity contribution < 1.29 is 23.9 Å². The number of carbonyl (C=O) groups is 4. The molecule has 0 fully saturated rings. The number of amides is 3. The fourth-order valence-electron chi connectivity index (χ4n) is 4.10. The van der Waals surface area contributed by atoms with Gasteiger partial charge in [0, 0.05) is 25.7 Å². The number of anilines is 1. The summed E-state index contributed by atoms with van der Waals surface area (Å²) in [7, 11) is 0. The Hall–Kier alpha value is -5.00. The van der Waals surface area contributed by atoms with Crippen molar-refractivity contribution in [2.45, 2.75) is 51.9 Å². The van der Waals surface area contributed by atoms with Gasteiger partial charge in [0.1, 0.15) is 24.5 Å². The Morgan fingerprint density at radius 1 is 0.929 bits per heavy atom. The number of hydrogen-bond donors (Lipinski definition) is 4. The minimum absolute atomic E-state index is 0.0242. The Labute approximate surface area is 243 Å². The van der Waals surface area contributed by atoms with Crippen LogP contribution in [0.2, 0.25) is 0 Å². The third-order valence-electron chi connectivity index (χ3n) is 6.39. The third-order valence-corrected chi connectivity index (χ3v) is 6.39. The van der Waals surface area contributed by atoms with E-state index in [2.05, 4.69) is 20.9 Å². The van der Waals surface area contributed by atoms with Crippen molar-refractivity contribution in [1.29, 1.82) is 0 Å². The number of aromatic nitrogens is 2. The number of carbonyl (C=O) groups excluding carboxylic acids is 4. The van der Waals surface area contributed by atoms with Crippen LogP contribution < -0.4 is 27.4 Å². The highest BCUT2D eigenvalue weighted by Gasteiger charge is 2.32. The molecule has 1 heterocycles. The van der Waals surface area contributed by atoms with Crippen molar-refractivity contribution >= 4 is 29.5 Å². The van der Waals surface area contributed by atoms with Gasteiger partial charge in [-0.1, -0.05) is 74.5 Å². The molecule has 0 aliphatic rings.